The van der Waals surface area contributed by atoms with Crippen LogP contribution in [0.25, 0.3) is 0 Å². The summed E-state index contributed by atoms with van der Waals surface area (Å²) in [6.07, 6.45) is 3.48. The summed E-state index contributed by atoms with van der Waals surface area (Å²) >= 11 is 11.8. The second-order valence-corrected chi connectivity index (χ2v) is 8.77. The molecule has 0 saturated heterocycles. The third-order valence-electron chi connectivity index (χ3n) is 5.49. The van der Waals surface area contributed by atoms with Crippen LogP contribution in [0, 0.1) is 5.92 Å². The molecule has 0 unspecified atom stereocenters. The number of hydrogen-bond donors (Lipinski definition) is 2. The lowest BCUT2D eigenvalue weighted by atomic mass is 9.87. The van der Waals surface area contributed by atoms with E-state index in [-0.39, 0.29) is 23.7 Å². The topological polar surface area (TPSA) is 92.7 Å². The highest BCUT2D eigenvalue weighted by Gasteiger charge is 2.26. The number of carbonyl (C=O) groups is 3. The van der Waals surface area contributed by atoms with Gasteiger partial charge in [0, 0.05) is 34.1 Å². The number of benzene rings is 2. The van der Waals surface area contributed by atoms with E-state index < -0.39 is 5.97 Å². The van der Waals surface area contributed by atoms with Gasteiger partial charge in [0.25, 0.3) is 5.91 Å². The number of carboxylic acid groups (broad SMARTS) is 1. The van der Waals surface area contributed by atoms with Crippen LogP contribution in [0.15, 0.2) is 42.5 Å². The van der Waals surface area contributed by atoms with E-state index in [9.17, 15) is 14.4 Å². The van der Waals surface area contributed by atoms with Crippen molar-refractivity contribution in [3.63, 3.8) is 0 Å². The lowest BCUT2D eigenvalue weighted by Gasteiger charge is -2.26. The summed E-state index contributed by atoms with van der Waals surface area (Å²) < 4.78 is 5.93. The maximum absolute atomic E-state index is 12.4. The molecule has 1 aliphatic rings. The van der Waals surface area contributed by atoms with E-state index in [0.29, 0.717) is 72.0 Å². The highest BCUT2D eigenvalue weighted by Crippen LogP contribution is 2.28. The molecular formula is C24H25Cl2NO5. The van der Waals surface area contributed by atoms with Crippen molar-refractivity contribution in [3.05, 3.63) is 63.6 Å². The third kappa shape index (κ3) is 6.97. The molecular weight excluding hydrogens is 453 g/mol. The molecule has 0 atom stereocenters. The van der Waals surface area contributed by atoms with Crippen molar-refractivity contribution < 1.29 is 24.2 Å². The number of rotatable bonds is 9. The van der Waals surface area contributed by atoms with E-state index in [1.54, 1.807) is 30.3 Å². The molecule has 2 aromatic carbocycles. The van der Waals surface area contributed by atoms with Crippen LogP contribution < -0.4 is 10.1 Å². The van der Waals surface area contributed by atoms with Crippen LogP contribution in [0.2, 0.25) is 10.0 Å². The Morgan fingerprint density at radius 2 is 1.56 bits per heavy atom. The van der Waals surface area contributed by atoms with E-state index >= 15 is 0 Å². The largest absolute Gasteiger partial charge is 0.490 e. The van der Waals surface area contributed by atoms with Crippen molar-refractivity contribution in [1.29, 1.82) is 0 Å². The van der Waals surface area contributed by atoms with Crippen molar-refractivity contribution in [2.75, 3.05) is 6.54 Å². The molecule has 8 heteroatoms. The van der Waals surface area contributed by atoms with Crippen molar-refractivity contribution in [3.8, 4) is 5.75 Å². The van der Waals surface area contributed by atoms with Crippen molar-refractivity contribution in [2.45, 2.75) is 44.6 Å². The summed E-state index contributed by atoms with van der Waals surface area (Å²) in [5.74, 6) is -0.644. The number of aliphatic carboxylic acids is 1. The Balaban J connectivity index is 1.40. The fourth-order valence-corrected chi connectivity index (χ4v) is 4.25. The second kappa shape index (κ2) is 11.3. The van der Waals surface area contributed by atoms with E-state index in [1.807, 2.05) is 0 Å². The predicted octanol–water partition coefficient (Wildman–Crippen LogP) is 5.41. The Morgan fingerprint density at radius 3 is 2.16 bits per heavy atom. The molecule has 3 rings (SSSR count). The van der Waals surface area contributed by atoms with Gasteiger partial charge in [-0.1, -0.05) is 23.2 Å². The average molecular weight is 478 g/mol. The second-order valence-electron chi connectivity index (χ2n) is 7.89. The Labute approximate surface area is 196 Å². The number of ether oxygens (including phenoxy) is 1. The minimum absolute atomic E-state index is 0.00476. The molecule has 32 heavy (non-hydrogen) atoms. The van der Waals surface area contributed by atoms with Crippen LogP contribution in [-0.4, -0.2) is 35.4 Å². The number of ketones is 1. The highest BCUT2D eigenvalue weighted by atomic mass is 35.5. The molecule has 1 amide bonds. The van der Waals surface area contributed by atoms with E-state index in [2.05, 4.69) is 5.32 Å². The molecule has 170 valence electrons. The normalized spacial score (nSPS) is 18.1. The Bertz CT molecular complexity index is 949. The fourth-order valence-electron chi connectivity index (χ4n) is 3.72. The van der Waals surface area contributed by atoms with Crippen LogP contribution >= 0.6 is 23.2 Å². The summed E-state index contributed by atoms with van der Waals surface area (Å²) in [6, 6.07) is 11.6. The zero-order chi connectivity index (χ0) is 23.1. The van der Waals surface area contributed by atoms with Gasteiger partial charge in [-0.3, -0.25) is 14.4 Å². The smallest absolute Gasteiger partial charge is 0.306 e. The lowest BCUT2D eigenvalue weighted by molar-refractivity contribution is -0.143. The van der Waals surface area contributed by atoms with Crippen LogP contribution in [-0.2, 0) is 4.79 Å². The van der Waals surface area contributed by atoms with Crippen LogP contribution in [0.1, 0.15) is 59.2 Å². The molecule has 0 aliphatic heterocycles. The van der Waals surface area contributed by atoms with Crippen LogP contribution in [0.5, 0.6) is 5.75 Å². The molecule has 1 saturated carbocycles. The number of carbonyl (C=O) groups excluding carboxylic acids is 2. The van der Waals surface area contributed by atoms with Crippen LogP contribution in [0.3, 0.4) is 0 Å². The van der Waals surface area contributed by atoms with Gasteiger partial charge >= 0.3 is 5.97 Å². The van der Waals surface area contributed by atoms with Gasteiger partial charge in [-0.05, 0) is 74.6 Å². The zero-order valence-electron chi connectivity index (χ0n) is 17.5. The van der Waals surface area contributed by atoms with Gasteiger partial charge in [-0.2, -0.15) is 0 Å². The summed E-state index contributed by atoms with van der Waals surface area (Å²) in [7, 11) is 0. The van der Waals surface area contributed by atoms with Crippen molar-refractivity contribution in [1.82, 2.24) is 5.32 Å². The lowest BCUT2D eigenvalue weighted by Crippen LogP contribution is -2.27. The highest BCUT2D eigenvalue weighted by molar-refractivity contribution is 6.35. The van der Waals surface area contributed by atoms with Gasteiger partial charge < -0.3 is 15.2 Å². The van der Waals surface area contributed by atoms with Crippen molar-refractivity contribution in [2.24, 2.45) is 5.92 Å². The number of carboxylic acids is 1. The Morgan fingerprint density at radius 1 is 0.938 bits per heavy atom. The van der Waals surface area contributed by atoms with Gasteiger partial charge in [-0.15, -0.1) is 0 Å². The summed E-state index contributed by atoms with van der Waals surface area (Å²) in [6.45, 7) is 0.356. The Kier molecular flexibility index (Phi) is 8.53. The summed E-state index contributed by atoms with van der Waals surface area (Å²) in [5, 5.41) is 12.6. The molecule has 2 aromatic rings. The van der Waals surface area contributed by atoms with Crippen molar-refractivity contribution >= 4 is 40.9 Å². The molecule has 6 nitrogen and oxygen atoms in total. The van der Waals surface area contributed by atoms with Gasteiger partial charge in [0.1, 0.15) is 5.75 Å². The van der Waals surface area contributed by atoms with Gasteiger partial charge in [0.2, 0.25) is 0 Å². The number of halogens is 2. The number of amides is 1. The predicted molar refractivity (Wildman–Crippen MR) is 123 cm³/mol. The first-order chi connectivity index (χ1) is 15.3. The molecule has 1 fully saturated rings. The molecule has 0 radical (unpaired) electrons. The minimum Gasteiger partial charge on any atom is -0.490 e. The SMILES string of the molecule is O=C(CCCNC(=O)c1cc(Cl)cc(Cl)c1)c1ccc(OC2CCC(C(=O)O)CC2)cc1. The first-order valence-corrected chi connectivity index (χ1v) is 11.3. The molecule has 2 N–H and O–H groups in total. The Hall–Kier alpha value is -2.57. The first kappa shape index (κ1) is 24.1. The minimum atomic E-state index is -0.736. The van der Waals surface area contributed by atoms with E-state index in [4.69, 9.17) is 33.0 Å². The van der Waals surface area contributed by atoms with E-state index in [0.717, 1.165) is 0 Å². The number of nitrogens with one attached hydrogen (secondary N) is 1. The maximum Gasteiger partial charge on any atom is 0.306 e. The third-order valence-corrected chi connectivity index (χ3v) is 5.93. The average Bonchev–Trinajstić information content (AvgIpc) is 2.76. The van der Waals surface area contributed by atoms with Gasteiger partial charge in [-0.25, -0.2) is 0 Å². The fraction of sp³-hybridized carbons (Fsp3) is 0.375. The van der Waals surface area contributed by atoms with Gasteiger partial charge in [0.15, 0.2) is 5.78 Å². The maximum atomic E-state index is 12.4. The van der Waals surface area contributed by atoms with E-state index in [1.165, 1.54) is 12.1 Å². The monoisotopic (exact) mass is 477 g/mol. The van der Waals surface area contributed by atoms with Crippen LogP contribution in [0.4, 0.5) is 0 Å². The van der Waals surface area contributed by atoms with Gasteiger partial charge in [0.05, 0.1) is 12.0 Å². The zero-order valence-corrected chi connectivity index (χ0v) is 19.0. The number of Topliss-reactive ketones (excluding diaryl/α,β-unsaturated/α-hetero) is 1. The molecule has 0 heterocycles. The summed E-state index contributed by atoms with van der Waals surface area (Å²) in [4.78, 5) is 35.6. The number of hydrogen-bond acceptors (Lipinski definition) is 4. The summed E-state index contributed by atoms with van der Waals surface area (Å²) in [5.41, 5.74) is 0.959. The first-order valence-electron chi connectivity index (χ1n) is 10.6. The molecule has 0 spiro atoms. The quantitative estimate of drug-likeness (QED) is 0.372. The molecule has 1 aliphatic carbocycles. The molecule has 0 bridgehead atoms. The molecule has 0 aromatic heterocycles. The standard InChI is InChI=1S/C24H25Cl2NO5/c25-18-12-17(13-19(26)14-18)23(29)27-11-1-2-22(28)15-3-7-20(8-4-15)32-21-9-5-16(6-10-21)24(30)31/h3-4,7-8,12-14,16,21H,1-2,5-6,9-11H2,(H,27,29)(H,30,31).